The van der Waals surface area contributed by atoms with Gasteiger partial charge in [0.05, 0.1) is 5.69 Å². The first-order chi connectivity index (χ1) is 12.2. The first-order valence-corrected chi connectivity index (χ1v) is 9.61. The smallest absolute Gasteiger partial charge is 0.270 e. The highest BCUT2D eigenvalue weighted by Crippen LogP contribution is 2.28. The molecule has 0 aliphatic heterocycles. The number of hydrogen-bond donors (Lipinski definition) is 3. The maximum Gasteiger partial charge on any atom is 0.270 e. The Hall–Kier alpha value is -2.16. The molecule has 26 heavy (non-hydrogen) atoms. The van der Waals surface area contributed by atoms with Crippen LogP contribution in [0.5, 0.6) is 0 Å². The van der Waals surface area contributed by atoms with Crippen molar-refractivity contribution in [2.24, 2.45) is 5.73 Å². The molecule has 1 aromatic rings. The number of carbonyl (C=O) groups is 3. The Morgan fingerprint density at radius 2 is 1.92 bits per heavy atom. The highest BCUT2D eigenvalue weighted by atomic mass is 32.1. The van der Waals surface area contributed by atoms with Crippen molar-refractivity contribution in [1.82, 2.24) is 14.6 Å². The summed E-state index contributed by atoms with van der Waals surface area (Å²) in [6, 6.07) is 0.180. The van der Waals surface area contributed by atoms with E-state index in [1.54, 1.807) is 0 Å². The molecule has 1 saturated carbocycles. The third kappa shape index (κ3) is 4.32. The average molecular weight is 382 g/mol. The number of nitrogens with two attached hydrogens (primary N) is 2. The summed E-state index contributed by atoms with van der Waals surface area (Å²) in [5.41, 5.74) is 10.4. The maximum absolute atomic E-state index is 13.1. The van der Waals surface area contributed by atoms with Crippen LogP contribution < -0.4 is 16.8 Å². The Balaban J connectivity index is 2.22. The molecule has 0 aromatic carbocycles. The molecule has 0 radical (unpaired) electrons. The molecule has 1 heterocycles. The fourth-order valence-corrected chi connectivity index (χ4v) is 3.74. The summed E-state index contributed by atoms with van der Waals surface area (Å²) in [6.45, 7) is 5.65. The van der Waals surface area contributed by atoms with Gasteiger partial charge in [0.1, 0.15) is 11.4 Å². The maximum atomic E-state index is 13.1. The van der Waals surface area contributed by atoms with E-state index >= 15 is 0 Å². The molecule has 2 rings (SSSR count). The highest BCUT2D eigenvalue weighted by Gasteiger charge is 2.35. The molecule has 1 aromatic heterocycles. The molecule has 0 atom stereocenters. The van der Waals surface area contributed by atoms with Crippen LogP contribution in [0.2, 0.25) is 0 Å². The van der Waals surface area contributed by atoms with Crippen LogP contribution in [0.3, 0.4) is 0 Å². The van der Waals surface area contributed by atoms with Crippen molar-refractivity contribution in [2.45, 2.75) is 64.5 Å². The zero-order valence-electron chi connectivity index (χ0n) is 15.5. The number of amides is 3. The number of hydrogen-bond acceptors (Lipinski definition) is 6. The summed E-state index contributed by atoms with van der Waals surface area (Å²) in [5, 5.41) is 3.00. The minimum Gasteiger partial charge on any atom is -0.395 e. The van der Waals surface area contributed by atoms with E-state index in [2.05, 4.69) is 9.69 Å². The lowest BCUT2D eigenvalue weighted by atomic mass is 9.98. The molecular formula is C17H27N5O3S. The summed E-state index contributed by atoms with van der Waals surface area (Å²) in [6.07, 6.45) is 4.82. The first-order valence-electron chi connectivity index (χ1n) is 8.83. The molecule has 0 bridgehead atoms. The van der Waals surface area contributed by atoms with Gasteiger partial charge in [0.25, 0.3) is 11.8 Å². The van der Waals surface area contributed by atoms with Crippen LogP contribution in [-0.2, 0) is 4.79 Å². The van der Waals surface area contributed by atoms with Crippen LogP contribution >= 0.6 is 11.5 Å². The number of nitrogen functional groups attached to an aromatic ring is 1. The van der Waals surface area contributed by atoms with Gasteiger partial charge < -0.3 is 21.7 Å². The molecule has 1 fully saturated rings. The summed E-state index contributed by atoms with van der Waals surface area (Å²) in [4.78, 5) is 38.5. The van der Waals surface area contributed by atoms with Crippen LogP contribution in [-0.4, -0.2) is 45.1 Å². The predicted molar refractivity (Wildman–Crippen MR) is 101 cm³/mol. The summed E-state index contributed by atoms with van der Waals surface area (Å²) < 4.78 is 3.88. The van der Waals surface area contributed by atoms with Crippen molar-refractivity contribution in [3.63, 3.8) is 0 Å². The minimum absolute atomic E-state index is 0.0272. The quantitative estimate of drug-likeness (QED) is 0.659. The Morgan fingerprint density at radius 3 is 2.42 bits per heavy atom. The monoisotopic (exact) mass is 381 g/mol. The average Bonchev–Trinajstić information content (AvgIpc) is 3.21. The number of nitrogens with one attached hydrogen (secondary N) is 1. The number of aromatic nitrogens is 1. The topological polar surface area (TPSA) is 131 Å². The number of primary amides is 1. The summed E-state index contributed by atoms with van der Waals surface area (Å²) in [5.74, 6) is -1.39. The van der Waals surface area contributed by atoms with E-state index in [0.29, 0.717) is 6.42 Å². The van der Waals surface area contributed by atoms with Gasteiger partial charge in [-0.15, -0.1) is 0 Å². The third-order valence-electron chi connectivity index (χ3n) is 5.02. The lowest BCUT2D eigenvalue weighted by molar-refractivity contribution is -0.123. The van der Waals surface area contributed by atoms with E-state index in [1.807, 2.05) is 20.8 Å². The summed E-state index contributed by atoms with van der Waals surface area (Å²) in [7, 11) is 0. The Bertz CT molecular complexity index is 695. The Kier molecular flexibility index (Phi) is 6.22. The number of rotatable bonds is 7. The van der Waals surface area contributed by atoms with Crippen LogP contribution in [0.15, 0.2) is 0 Å². The lowest BCUT2D eigenvalue weighted by Gasteiger charge is -2.37. The molecule has 8 nitrogen and oxygen atoms in total. The molecule has 0 saturated heterocycles. The van der Waals surface area contributed by atoms with Crippen molar-refractivity contribution in [2.75, 3.05) is 12.3 Å². The number of carbonyl (C=O) groups excluding carboxylic acids is 3. The Labute approximate surface area is 157 Å². The van der Waals surface area contributed by atoms with Gasteiger partial charge in [0.15, 0.2) is 5.69 Å². The van der Waals surface area contributed by atoms with Gasteiger partial charge in [-0.05, 0) is 44.6 Å². The summed E-state index contributed by atoms with van der Waals surface area (Å²) >= 11 is 0.829. The molecule has 144 valence electrons. The number of nitrogens with zero attached hydrogens (tertiary/aromatic N) is 2. The SMILES string of the molecule is CCC(C)(C)N(CC(=O)NC1CCCC1)C(=O)c1snc(C(N)=O)c1N. The van der Waals surface area contributed by atoms with Crippen molar-refractivity contribution >= 4 is 34.9 Å². The van der Waals surface area contributed by atoms with Crippen LogP contribution in [0.25, 0.3) is 0 Å². The van der Waals surface area contributed by atoms with E-state index in [1.165, 1.54) is 4.90 Å². The zero-order valence-corrected chi connectivity index (χ0v) is 16.3. The first kappa shape index (κ1) is 20.2. The molecule has 0 spiro atoms. The molecule has 9 heteroatoms. The van der Waals surface area contributed by atoms with Gasteiger partial charge in [0.2, 0.25) is 5.91 Å². The van der Waals surface area contributed by atoms with Crippen molar-refractivity contribution < 1.29 is 14.4 Å². The zero-order chi connectivity index (χ0) is 19.5. The second-order valence-electron chi connectivity index (χ2n) is 7.24. The van der Waals surface area contributed by atoms with E-state index in [-0.39, 0.29) is 34.8 Å². The fourth-order valence-electron chi connectivity index (χ4n) is 2.99. The highest BCUT2D eigenvalue weighted by molar-refractivity contribution is 7.09. The largest absolute Gasteiger partial charge is 0.395 e. The van der Waals surface area contributed by atoms with Gasteiger partial charge in [-0.25, -0.2) is 0 Å². The van der Waals surface area contributed by atoms with E-state index < -0.39 is 17.4 Å². The van der Waals surface area contributed by atoms with Gasteiger partial charge >= 0.3 is 0 Å². The van der Waals surface area contributed by atoms with Crippen molar-refractivity contribution in [3.8, 4) is 0 Å². The second-order valence-corrected chi connectivity index (χ2v) is 8.02. The predicted octanol–water partition coefficient (Wildman–Crippen LogP) is 1.51. The van der Waals surface area contributed by atoms with Crippen LogP contribution in [0.1, 0.15) is 73.0 Å². The van der Waals surface area contributed by atoms with E-state index in [0.717, 1.165) is 37.2 Å². The third-order valence-corrected chi connectivity index (χ3v) is 5.87. The molecular weight excluding hydrogens is 354 g/mol. The van der Waals surface area contributed by atoms with E-state index in [9.17, 15) is 14.4 Å². The molecule has 3 amide bonds. The van der Waals surface area contributed by atoms with Crippen LogP contribution in [0.4, 0.5) is 5.69 Å². The lowest BCUT2D eigenvalue weighted by Crippen LogP contribution is -2.52. The van der Waals surface area contributed by atoms with Gasteiger partial charge in [-0.3, -0.25) is 14.4 Å². The van der Waals surface area contributed by atoms with Crippen molar-refractivity contribution in [3.05, 3.63) is 10.6 Å². The van der Waals surface area contributed by atoms with Gasteiger partial charge in [-0.2, -0.15) is 4.37 Å². The van der Waals surface area contributed by atoms with Crippen molar-refractivity contribution in [1.29, 1.82) is 0 Å². The molecule has 1 aliphatic rings. The van der Waals surface area contributed by atoms with E-state index in [4.69, 9.17) is 11.5 Å². The van der Waals surface area contributed by atoms with Gasteiger partial charge in [0, 0.05) is 11.6 Å². The minimum atomic E-state index is -0.780. The molecule has 5 N–H and O–H groups in total. The Morgan fingerprint density at radius 1 is 1.31 bits per heavy atom. The standard InChI is InChI=1S/C17H27N5O3S/c1-4-17(2,3)22(9-11(23)20-10-7-5-6-8-10)16(25)14-12(18)13(15(19)24)21-26-14/h10H,4-9,18H2,1-3H3,(H2,19,24)(H,20,23). The van der Waals surface area contributed by atoms with Gasteiger partial charge in [-0.1, -0.05) is 19.8 Å². The molecule has 1 aliphatic carbocycles. The molecule has 0 unspecified atom stereocenters. The second kappa shape index (κ2) is 8.03. The van der Waals surface area contributed by atoms with Crippen LogP contribution in [0, 0.1) is 0 Å². The fraction of sp³-hybridized carbons (Fsp3) is 0.647. The number of anilines is 1. The normalized spacial score (nSPS) is 15.0.